The van der Waals surface area contributed by atoms with Crippen molar-refractivity contribution in [1.82, 2.24) is 14.7 Å². The highest BCUT2D eigenvalue weighted by Gasteiger charge is 2.33. The minimum Gasteiger partial charge on any atom is -0.437 e. The molecule has 1 aliphatic heterocycles. The van der Waals surface area contributed by atoms with E-state index in [-0.39, 0.29) is 6.04 Å². The standard InChI is InChI=1S/C21H25BClN3O2/c1-22(27)26-10-8-25(9-11-26)21-18-6-5-17(23)13-19(18)16(14-28-2)12-15-4-3-7-24-20(15)21/h3-7,12-13,21,27H,8-11,14H2,1-2H3. The van der Waals surface area contributed by atoms with Crippen LogP contribution in [-0.4, -0.2) is 66.7 Å². The fraction of sp³-hybridized carbons (Fsp3) is 0.381. The molecule has 1 aromatic heterocycles. The van der Waals surface area contributed by atoms with Gasteiger partial charge in [-0.1, -0.05) is 23.7 Å². The lowest BCUT2D eigenvalue weighted by molar-refractivity contribution is 0.144. The average Bonchev–Trinajstić information content (AvgIpc) is 2.83. The molecule has 146 valence electrons. The molecule has 28 heavy (non-hydrogen) atoms. The van der Waals surface area contributed by atoms with Crippen molar-refractivity contribution in [1.29, 1.82) is 0 Å². The topological polar surface area (TPSA) is 48.8 Å². The first-order valence-corrected chi connectivity index (χ1v) is 10.1. The molecular weight excluding hydrogens is 373 g/mol. The van der Waals surface area contributed by atoms with Gasteiger partial charge in [-0.25, -0.2) is 0 Å². The second kappa shape index (κ2) is 8.35. The summed E-state index contributed by atoms with van der Waals surface area (Å²) in [5.74, 6) is 0. The summed E-state index contributed by atoms with van der Waals surface area (Å²) in [7, 11) is 1.30. The van der Waals surface area contributed by atoms with Crippen LogP contribution in [-0.2, 0) is 4.74 Å². The predicted octanol–water partition coefficient (Wildman–Crippen LogP) is 3.05. The number of methoxy groups -OCH3 is 1. The number of fused-ring (bicyclic) bond motifs is 2. The van der Waals surface area contributed by atoms with E-state index in [9.17, 15) is 5.02 Å². The zero-order valence-corrected chi connectivity index (χ0v) is 17.1. The van der Waals surface area contributed by atoms with Crippen molar-refractivity contribution in [3.05, 3.63) is 63.9 Å². The highest BCUT2D eigenvalue weighted by atomic mass is 35.5. The molecule has 4 rings (SSSR count). The fourth-order valence-electron chi connectivity index (χ4n) is 4.25. The van der Waals surface area contributed by atoms with E-state index < -0.39 is 7.05 Å². The molecule has 7 heteroatoms. The van der Waals surface area contributed by atoms with E-state index >= 15 is 0 Å². The Morgan fingerprint density at radius 2 is 2.04 bits per heavy atom. The molecule has 2 aromatic rings. The first kappa shape index (κ1) is 19.6. The maximum atomic E-state index is 9.92. The molecular formula is C21H25BClN3O2. The van der Waals surface area contributed by atoms with E-state index in [4.69, 9.17) is 21.3 Å². The maximum absolute atomic E-state index is 9.92. The Morgan fingerprint density at radius 1 is 1.25 bits per heavy atom. The number of piperazine rings is 1. The number of hydrogen-bond donors (Lipinski definition) is 1. The zero-order valence-electron chi connectivity index (χ0n) is 16.3. The van der Waals surface area contributed by atoms with Crippen LogP contribution in [0.4, 0.5) is 0 Å². The fourth-order valence-corrected chi connectivity index (χ4v) is 4.42. The first-order chi connectivity index (χ1) is 13.6. The van der Waals surface area contributed by atoms with Crippen LogP contribution in [0.25, 0.3) is 11.6 Å². The molecule has 2 heterocycles. The monoisotopic (exact) mass is 397 g/mol. The number of ether oxygens (including phenoxy) is 1. The summed E-state index contributed by atoms with van der Waals surface area (Å²) in [6.07, 6.45) is 4.04. The van der Waals surface area contributed by atoms with E-state index in [1.807, 2.05) is 31.2 Å². The summed E-state index contributed by atoms with van der Waals surface area (Å²) < 4.78 is 5.49. The molecule has 5 nitrogen and oxygen atoms in total. The summed E-state index contributed by atoms with van der Waals surface area (Å²) in [5, 5.41) is 10.6. The van der Waals surface area contributed by atoms with Crippen LogP contribution >= 0.6 is 11.6 Å². The summed E-state index contributed by atoms with van der Waals surface area (Å²) in [6.45, 7) is 5.75. The SMILES string of the molecule is COCC1=Cc2cccnc2C(N2CCN(B(C)O)CC2)c2ccc(Cl)cc21. The summed E-state index contributed by atoms with van der Waals surface area (Å²) in [5.41, 5.74) is 5.61. The molecule has 0 spiro atoms. The smallest absolute Gasteiger partial charge is 0.376 e. The third-order valence-electron chi connectivity index (χ3n) is 5.66. The molecule has 1 aliphatic carbocycles. The minimum atomic E-state index is -0.414. The van der Waals surface area contributed by atoms with Crippen molar-refractivity contribution in [3.8, 4) is 0 Å². The second-order valence-electron chi connectivity index (χ2n) is 7.42. The van der Waals surface area contributed by atoms with Gasteiger partial charge in [0.15, 0.2) is 0 Å². The second-order valence-corrected chi connectivity index (χ2v) is 7.85. The van der Waals surface area contributed by atoms with Gasteiger partial charge in [-0.05, 0) is 53.4 Å². The molecule has 1 saturated heterocycles. The first-order valence-electron chi connectivity index (χ1n) is 9.69. The number of rotatable bonds is 4. The number of benzene rings is 1. The lowest BCUT2D eigenvalue weighted by Gasteiger charge is -2.40. The van der Waals surface area contributed by atoms with Gasteiger partial charge in [-0.2, -0.15) is 0 Å². The van der Waals surface area contributed by atoms with Crippen LogP contribution in [0.1, 0.15) is 28.4 Å². The Balaban J connectivity index is 1.80. The summed E-state index contributed by atoms with van der Waals surface area (Å²) in [6, 6.07) is 10.3. The van der Waals surface area contributed by atoms with Gasteiger partial charge >= 0.3 is 7.05 Å². The van der Waals surface area contributed by atoms with Gasteiger partial charge in [0.2, 0.25) is 0 Å². The van der Waals surface area contributed by atoms with Crippen LogP contribution in [0.15, 0.2) is 36.5 Å². The van der Waals surface area contributed by atoms with E-state index in [1.165, 1.54) is 5.56 Å². The molecule has 1 unspecified atom stereocenters. The third kappa shape index (κ3) is 3.75. The lowest BCUT2D eigenvalue weighted by Crippen LogP contribution is -2.52. The summed E-state index contributed by atoms with van der Waals surface area (Å²) >= 11 is 6.36. The van der Waals surface area contributed by atoms with Crippen LogP contribution in [0.2, 0.25) is 11.8 Å². The molecule has 1 atom stereocenters. The Labute approximate surface area is 171 Å². The van der Waals surface area contributed by atoms with Crippen LogP contribution in [0.5, 0.6) is 0 Å². The van der Waals surface area contributed by atoms with E-state index in [0.29, 0.717) is 6.61 Å². The molecule has 0 radical (unpaired) electrons. The number of nitrogens with zero attached hydrogens (tertiary/aromatic N) is 3. The third-order valence-corrected chi connectivity index (χ3v) is 5.89. The molecule has 1 N–H and O–H groups in total. The highest BCUT2D eigenvalue weighted by Crippen LogP contribution is 2.40. The summed E-state index contributed by atoms with van der Waals surface area (Å²) in [4.78, 5) is 9.34. The van der Waals surface area contributed by atoms with Crippen molar-refractivity contribution in [2.45, 2.75) is 12.9 Å². The largest absolute Gasteiger partial charge is 0.437 e. The van der Waals surface area contributed by atoms with Crippen molar-refractivity contribution in [3.63, 3.8) is 0 Å². The van der Waals surface area contributed by atoms with Gasteiger partial charge < -0.3 is 14.6 Å². The molecule has 2 aliphatic rings. The van der Waals surface area contributed by atoms with Crippen LogP contribution in [0.3, 0.4) is 0 Å². The van der Waals surface area contributed by atoms with Crippen molar-refractivity contribution < 1.29 is 9.76 Å². The molecule has 1 aromatic carbocycles. The predicted molar refractivity (Wildman–Crippen MR) is 114 cm³/mol. The molecule has 1 fully saturated rings. The number of halogens is 1. The van der Waals surface area contributed by atoms with E-state index in [0.717, 1.165) is 53.6 Å². The van der Waals surface area contributed by atoms with Crippen molar-refractivity contribution in [2.24, 2.45) is 0 Å². The van der Waals surface area contributed by atoms with Gasteiger partial charge in [0.1, 0.15) is 0 Å². The minimum absolute atomic E-state index is 0.0465. The van der Waals surface area contributed by atoms with Gasteiger partial charge in [-0.3, -0.25) is 9.88 Å². The molecule has 0 amide bonds. The average molecular weight is 398 g/mol. The van der Waals surface area contributed by atoms with Crippen LogP contribution < -0.4 is 0 Å². The number of hydrogen-bond acceptors (Lipinski definition) is 5. The Morgan fingerprint density at radius 3 is 2.75 bits per heavy atom. The Kier molecular flexibility index (Phi) is 5.85. The van der Waals surface area contributed by atoms with E-state index in [2.05, 4.69) is 27.9 Å². The molecule has 0 bridgehead atoms. The quantitative estimate of drug-likeness (QED) is 0.804. The van der Waals surface area contributed by atoms with Gasteiger partial charge in [0, 0.05) is 44.5 Å². The number of pyridine rings is 1. The van der Waals surface area contributed by atoms with Gasteiger partial charge in [0.25, 0.3) is 0 Å². The number of aromatic nitrogens is 1. The highest BCUT2D eigenvalue weighted by molar-refractivity contribution is 6.45. The van der Waals surface area contributed by atoms with Crippen molar-refractivity contribution in [2.75, 3.05) is 39.9 Å². The maximum Gasteiger partial charge on any atom is 0.376 e. The lowest BCUT2D eigenvalue weighted by atomic mass is 9.84. The zero-order chi connectivity index (χ0) is 19.7. The Bertz CT molecular complexity index is 882. The van der Waals surface area contributed by atoms with Crippen LogP contribution in [0, 0.1) is 0 Å². The Hall–Kier alpha value is -1.70. The molecule has 0 saturated carbocycles. The van der Waals surface area contributed by atoms with Gasteiger partial charge in [0.05, 0.1) is 18.3 Å². The van der Waals surface area contributed by atoms with Crippen molar-refractivity contribution >= 4 is 30.3 Å². The van der Waals surface area contributed by atoms with E-state index in [1.54, 1.807) is 7.11 Å². The normalized spacial score (nSPS) is 20.1. The van der Waals surface area contributed by atoms with Gasteiger partial charge in [-0.15, -0.1) is 0 Å².